The van der Waals surface area contributed by atoms with Gasteiger partial charge < -0.3 is 5.32 Å². The van der Waals surface area contributed by atoms with E-state index in [0.717, 1.165) is 5.39 Å². The van der Waals surface area contributed by atoms with Gasteiger partial charge in [0.25, 0.3) is 5.91 Å². The van der Waals surface area contributed by atoms with Crippen molar-refractivity contribution >= 4 is 38.2 Å². The summed E-state index contributed by atoms with van der Waals surface area (Å²) in [6.07, 6.45) is 1.98. The molecule has 0 bridgehead atoms. The van der Waals surface area contributed by atoms with Gasteiger partial charge in [-0.25, -0.2) is 22.5 Å². The zero-order chi connectivity index (χ0) is 23.2. The molecule has 3 heterocycles. The van der Waals surface area contributed by atoms with Gasteiger partial charge in [0.15, 0.2) is 9.84 Å². The Kier molecular flexibility index (Phi) is 5.38. The molecule has 168 valence electrons. The summed E-state index contributed by atoms with van der Waals surface area (Å²) in [6.45, 7) is 0. The van der Waals surface area contributed by atoms with Gasteiger partial charge in [0, 0.05) is 28.8 Å². The Morgan fingerprint density at radius 1 is 1.15 bits per heavy atom. The number of sulfone groups is 1. The minimum atomic E-state index is -3.11. The van der Waals surface area contributed by atoms with Crippen LogP contribution in [0.3, 0.4) is 0 Å². The van der Waals surface area contributed by atoms with Gasteiger partial charge in [0.1, 0.15) is 16.7 Å². The highest BCUT2D eigenvalue weighted by Crippen LogP contribution is 2.33. The van der Waals surface area contributed by atoms with E-state index in [4.69, 9.17) is 16.7 Å². The van der Waals surface area contributed by atoms with Crippen LogP contribution in [0.2, 0.25) is 5.15 Å². The lowest BCUT2D eigenvalue weighted by molar-refractivity contribution is 0.0941. The number of carbonyl (C=O) groups excluding carboxylic acids is 1. The van der Waals surface area contributed by atoms with Crippen molar-refractivity contribution in [3.63, 3.8) is 0 Å². The Hall–Kier alpha value is -3.30. The minimum Gasteiger partial charge on any atom is -0.348 e. The molecule has 1 atom stereocenters. The van der Waals surface area contributed by atoms with Crippen molar-refractivity contribution in [1.82, 2.24) is 20.1 Å². The highest BCUT2D eigenvalue weighted by Gasteiger charge is 2.29. The van der Waals surface area contributed by atoms with Crippen molar-refractivity contribution in [2.24, 2.45) is 0 Å². The van der Waals surface area contributed by atoms with Crippen molar-refractivity contribution in [2.75, 3.05) is 11.5 Å². The van der Waals surface area contributed by atoms with Crippen LogP contribution in [-0.2, 0) is 9.84 Å². The summed E-state index contributed by atoms with van der Waals surface area (Å²) < 4.78 is 38.6. The fraction of sp³-hybridized carbons (Fsp3) is 0.174. The quantitative estimate of drug-likeness (QED) is 0.445. The van der Waals surface area contributed by atoms with Crippen molar-refractivity contribution in [3.05, 3.63) is 77.3 Å². The first-order valence-corrected chi connectivity index (χ1v) is 12.4. The van der Waals surface area contributed by atoms with E-state index in [0.29, 0.717) is 34.4 Å². The van der Waals surface area contributed by atoms with E-state index in [9.17, 15) is 17.6 Å². The monoisotopic (exact) mass is 484 g/mol. The summed E-state index contributed by atoms with van der Waals surface area (Å²) in [7, 11) is -3.11. The lowest BCUT2D eigenvalue weighted by atomic mass is 10.1. The highest BCUT2D eigenvalue weighted by molar-refractivity contribution is 7.91. The number of pyridine rings is 1. The number of nitrogens with zero attached hydrogens (tertiary/aromatic N) is 3. The molecule has 1 amide bonds. The molecule has 2 aromatic carbocycles. The molecule has 1 saturated heterocycles. The first-order chi connectivity index (χ1) is 15.8. The van der Waals surface area contributed by atoms with Gasteiger partial charge in [-0.1, -0.05) is 11.6 Å². The minimum absolute atomic E-state index is 0.0574. The molecular weight excluding hydrogens is 467 g/mol. The highest BCUT2D eigenvalue weighted by atomic mass is 35.5. The summed E-state index contributed by atoms with van der Waals surface area (Å²) in [5.74, 6) is -0.731. The van der Waals surface area contributed by atoms with Crippen molar-refractivity contribution in [2.45, 2.75) is 12.5 Å². The number of amides is 1. The molecule has 33 heavy (non-hydrogen) atoms. The zero-order valence-electron chi connectivity index (χ0n) is 17.2. The molecule has 1 N–H and O–H groups in total. The second-order valence-electron chi connectivity index (χ2n) is 7.88. The molecule has 1 fully saturated rings. The third-order valence-electron chi connectivity index (χ3n) is 5.60. The molecule has 0 aliphatic carbocycles. The van der Waals surface area contributed by atoms with Gasteiger partial charge in [0.05, 0.1) is 22.7 Å². The van der Waals surface area contributed by atoms with Crippen LogP contribution in [0.5, 0.6) is 0 Å². The average Bonchev–Trinajstić information content (AvgIpc) is 3.33. The molecule has 1 aliphatic heterocycles. The fourth-order valence-corrected chi connectivity index (χ4v) is 5.86. The first-order valence-electron chi connectivity index (χ1n) is 10.2. The number of fused-ring (bicyclic) bond motifs is 1. The summed E-state index contributed by atoms with van der Waals surface area (Å²) in [6, 6.07) is 14.1. The number of aromatic nitrogens is 3. The molecule has 0 spiro atoms. The number of benzene rings is 2. The van der Waals surface area contributed by atoms with Gasteiger partial charge in [-0.15, -0.1) is 0 Å². The van der Waals surface area contributed by atoms with E-state index in [1.165, 1.54) is 12.1 Å². The lowest BCUT2D eigenvalue weighted by Crippen LogP contribution is -2.35. The topological polar surface area (TPSA) is 93.9 Å². The fourth-order valence-electron chi connectivity index (χ4n) is 3.97. The average molecular weight is 485 g/mol. The predicted molar refractivity (Wildman–Crippen MR) is 124 cm³/mol. The Balaban J connectivity index is 1.60. The third kappa shape index (κ3) is 4.21. The summed E-state index contributed by atoms with van der Waals surface area (Å²) in [5, 5.41) is 8.52. The molecule has 5 rings (SSSR count). The first kappa shape index (κ1) is 21.5. The molecule has 10 heteroatoms. The smallest absolute Gasteiger partial charge is 0.251 e. The van der Waals surface area contributed by atoms with Gasteiger partial charge in [-0.2, -0.15) is 5.10 Å². The van der Waals surface area contributed by atoms with E-state index >= 15 is 0 Å². The van der Waals surface area contributed by atoms with E-state index in [1.54, 1.807) is 53.3 Å². The Bertz CT molecular complexity index is 1490. The number of halogens is 2. The predicted octanol–water partition coefficient (Wildman–Crippen LogP) is 3.80. The van der Waals surface area contributed by atoms with Gasteiger partial charge in [-0.05, 0) is 61.0 Å². The van der Waals surface area contributed by atoms with E-state index in [1.807, 2.05) is 0 Å². The summed E-state index contributed by atoms with van der Waals surface area (Å²) in [5.41, 5.74) is 2.77. The molecule has 7 nitrogen and oxygen atoms in total. The molecule has 0 radical (unpaired) electrons. The number of hydrogen-bond donors (Lipinski definition) is 1. The van der Waals surface area contributed by atoms with Crippen molar-refractivity contribution in [3.8, 4) is 16.9 Å². The molecule has 2 aromatic heterocycles. The van der Waals surface area contributed by atoms with Crippen LogP contribution in [-0.4, -0.2) is 46.6 Å². The molecule has 4 aromatic rings. The summed E-state index contributed by atoms with van der Waals surface area (Å²) >= 11 is 6.31. The molecule has 1 aliphatic rings. The lowest BCUT2D eigenvalue weighted by Gasteiger charge is -2.11. The van der Waals surface area contributed by atoms with Crippen LogP contribution < -0.4 is 5.32 Å². The van der Waals surface area contributed by atoms with E-state index in [-0.39, 0.29) is 28.4 Å². The van der Waals surface area contributed by atoms with Crippen LogP contribution in [0, 0.1) is 5.82 Å². The van der Waals surface area contributed by atoms with Crippen molar-refractivity contribution in [1.29, 1.82) is 0 Å². The van der Waals surface area contributed by atoms with Gasteiger partial charge in [0.2, 0.25) is 0 Å². The standard InChI is InChI=1S/C23H18ClFN4O3S/c24-22-19(2-1-10-26-22)21-18-8-3-14(23(30)27-16-9-11-33(31,32)13-16)12-20(18)29(28-21)17-6-4-15(25)5-7-17/h1-8,10,12,16H,9,11,13H2,(H,27,30). The van der Waals surface area contributed by atoms with Crippen LogP contribution in [0.15, 0.2) is 60.8 Å². The molecule has 0 saturated carbocycles. The maximum absolute atomic E-state index is 13.5. The second kappa shape index (κ2) is 8.24. The number of hydrogen-bond acceptors (Lipinski definition) is 5. The second-order valence-corrected chi connectivity index (χ2v) is 10.5. The van der Waals surface area contributed by atoms with Crippen LogP contribution in [0.1, 0.15) is 16.8 Å². The summed E-state index contributed by atoms with van der Waals surface area (Å²) in [4.78, 5) is 17.0. The Morgan fingerprint density at radius 2 is 1.94 bits per heavy atom. The van der Waals surface area contributed by atoms with E-state index < -0.39 is 15.9 Å². The number of carbonyl (C=O) groups is 1. The third-order valence-corrected chi connectivity index (χ3v) is 7.67. The maximum Gasteiger partial charge on any atom is 0.251 e. The Labute approximate surface area is 194 Å². The van der Waals surface area contributed by atoms with Crippen LogP contribution in [0.25, 0.3) is 27.8 Å². The maximum atomic E-state index is 13.5. The van der Waals surface area contributed by atoms with E-state index in [2.05, 4.69) is 10.3 Å². The number of nitrogens with one attached hydrogen (secondary N) is 1. The normalized spacial score (nSPS) is 17.3. The zero-order valence-corrected chi connectivity index (χ0v) is 18.8. The van der Waals surface area contributed by atoms with Gasteiger partial charge in [-0.3, -0.25) is 4.79 Å². The SMILES string of the molecule is O=C(NC1CCS(=O)(=O)C1)c1ccc2c(-c3cccnc3Cl)nn(-c3ccc(F)cc3)c2c1. The van der Waals surface area contributed by atoms with Crippen LogP contribution >= 0.6 is 11.6 Å². The van der Waals surface area contributed by atoms with Gasteiger partial charge >= 0.3 is 0 Å². The molecular formula is C23H18ClFN4O3S. The largest absolute Gasteiger partial charge is 0.348 e. The van der Waals surface area contributed by atoms with Crippen molar-refractivity contribution < 1.29 is 17.6 Å². The number of rotatable bonds is 4. The Morgan fingerprint density at radius 3 is 2.64 bits per heavy atom. The van der Waals surface area contributed by atoms with Crippen LogP contribution in [0.4, 0.5) is 4.39 Å². The molecule has 1 unspecified atom stereocenters.